The van der Waals surface area contributed by atoms with Gasteiger partial charge in [0.2, 0.25) is 0 Å². The number of nitrogens with zero attached hydrogens (tertiary/aromatic N) is 3. The van der Waals surface area contributed by atoms with Gasteiger partial charge in [-0.15, -0.1) is 11.3 Å². The van der Waals surface area contributed by atoms with Crippen LogP contribution in [0.4, 0.5) is 0 Å². The Labute approximate surface area is 173 Å². The third-order valence-corrected chi connectivity index (χ3v) is 6.26. The molecular formula is C20H26N6O2S. The molecule has 0 saturated carbocycles. The smallest absolute Gasteiger partial charge is 0.275 e. The molecule has 1 unspecified atom stereocenters. The van der Waals surface area contributed by atoms with Crippen LogP contribution < -0.4 is 11.1 Å². The third-order valence-electron chi connectivity index (χ3n) is 5.41. The molecule has 2 aliphatic rings. The topological polar surface area (TPSA) is 118 Å². The number of carbonyl (C=O) groups excluding carboxylic acids is 1. The minimum absolute atomic E-state index is 0.157. The van der Waals surface area contributed by atoms with Crippen LogP contribution in [0.2, 0.25) is 0 Å². The number of ether oxygens (including phenoxy) is 1. The maximum atomic E-state index is 12.8. The average molecular weight is 415 g/mol. The predicted molar refractivity (Wildman–Crippen MR) is 113 cm³/mol. The summed E-state index contributed by atoms with van der Waals surface area (Å²) in [6, 6.07) is 0. The van der Waals surface area contributed by atoms with E-state index in [9.17, 15) is 4.79 Å². The largest absolute Gasteiger partial charge is 0.403 e. The molecule has 1 saturated heterocycles. The van der Waals surface area contributed by atoms with Gasteiger partial charge in [-0.25, -0.2) is 4.98 Å². The first-order chi connectivity index (χ1) is 14.2. The van der Waals surface area contributed by atoms with Crippen molar-refractivity contribution in [3.05, 3.63) is 34.2 Å². The van der Waals surface area contributed by atoms with Crippen LogP contribution in [0.3, 0.4) is 0 Å². The van der Waals surface area contributed by atoms with E-state index < -0.39 is 0 Å². The van der Waals surface area contributed by atoms with Gasteiger partial charge in [0.05, 0.1) is 11.4 Å². The highest BCUT2D eigenvalue weighted by atomic mass is 32.1. The molecular weight excluding hydrogens is 388 g/mol. The highest BCUT2D eigenvalue weighted by molar-refractivity contribution is 7.13. The number of H-pyrrole nitrogens is 1. The minimum atomic E-state index is -0.314. The van der Waals surface area contributed by atoms with Crippen molar-refractivity contribution in [2.45, 2.75) is 51.0 Å². The molecule has 9 heteroatoms. The molecule has 1 aliphatic carbocycles. The Morgan fingerprint density at radius 1 is 1.38 bits per heavy atom. The Morgan fingerprint density at radius 3 is 3.10 bits per heavy atom. The Morgan fingerprint density at radius 2 is 2.28 bits per heavy atom. The first-order valence-corrected chi connectivity index (χ1v) is 10.9. The molecule has 0 spiro atoms. The second-order valence-electron chi connectivity index (χ2n) is 7.27. The number of nitrogens with one attached hydrogen (secondary N) is 2. The SMILES string of the molecule is CN=C(C(=CN)NC(=O)c1csc(-c2n[nH]c3c2CCC3)n1)C1CCCCCO1. The van der Waals surface area contributed by atoms with Gasteiger partial charge in [0.25, 0.3) is 5.91 Å². The van der Waals surface area contributed by atoms with E-state index in [4.69, 9.17) is 10.5 Å². The number of fused-ring (bicyclic) bond motifs is 1. The van der Waals surface area contributed by atoms with E-state index in [-0.39, 0.29) is 12.0 Å². The summed E-state index contributed by atoms with van der Waals surface area (Å²) in [4.78, 5) is 21.7. The number of hydrogen-bond acceptors (Lipinski definition) is 7. The maximum Gasteiger partial charge on any atom is 0.275 e. The molecule has 1 atom stereocenters. The Hall–Kier alpha value is -2.52. The normalized spacial score (nSPS) is 20.4. The first kappa shape index (κ1) is 19.8. The van der Waals surface area contributed by atoms with Gasteiger partial charge in [-0.1, -0.05) is 12.8 Å². The number of amides is 1. The summed E-state index contributed by atoms with van der Waals surface area (Å²) in [5.74, 6) is -0.314. The number of hydrogen-bond donors (Lipinski definition) is 3. The molecule has 0 bridgehead atoms. The number of aryl methyl sites for hydroxylation is 1. The van der Waals surface area contributed by atoms with E-state index >= 15 is 0 Å². The van der Waals surface area contributed by atoms with Crippen LogP contribution >= 0.6 is 11.3 Å². The first-order valence-electron chi connectivity index (χ1n) is 10.0. The Kier molecular flexibility index (Phi) is 6.05. The Bertz CT molecular complexity index is 937. The van der Waals surface area contributed by atoms with Crippen LogP contribution in [-0.2, 0) is 17.6 Å². The van der Waals surface area contributed by atoms with Crippen molar-refractivity contribution in [1.82, 2.24) is 20.5 Å². The third kappa shape index (κ3) is 4.11. The van der Waals surface area contributed by atoms with Crippen molar-refractivity contribution in [3.63, 3.8) is 0 Å². The van der Waals surface area contributed by atoms with Gasteiger partial charge in [-0.2, -0.15) is 5.10 Å². The van der Waals surface area contributed by atoms with Crippen molar-refractivity contribution >= 4 is 23.0 Å². The zero-order chi connectivity index (χ0) is 20.2. The molecule has 154 valence electrons. The van der Waals surface area contributed by atoms with Crippen LogP contribution in [0, 0.1) is 0 Å². The lowest BCUT2D eigenvalue weighted by molar-refractivity contribution is 0.0956. The summed E-state index contributed by atoms with van der Waals surface area (Å²) in [7, 11) is 1.69. The van der Waals surface area contributed by atoms with E-state index in [0.29, 0.717) is 23.7 Å². The molecule has 3 heterocycles. The van der Waals surface area contributed by atoms with E-state index in [1.807, 2.05) is 0 Å². The van der Waals surface area contributed by atoms with Crippen molar-refractivity contribution in [2.24, 2.45) is 10.7 Å². The average Bonchev–Trinajstić information content (AvgIpc) is 3.42. The lowest BCUT2D eigenvalue weighted by atomic mass is 10.1. The zero-order valence-corrected chi connectivity index (χ0v) is 17.3. The standard InChI is InChI=1S/C20H26N6O2S/c1-22-18(16-8-3-2-4-9-28-16)14(10-21)23-19(27)15-11-29-20(24-15)17-12-6-5-7-13(12)25-26-17/h10-11,16H,2-9,21H2,1H3,(H,23,27)(H,25,26). The van der Waals surface area contributed by atoms with E-state index in [1.54, 1.807) is 12.4 Å². The van der Waals surface area contributed by atoms with E-state index in [2.05, 4.69) is 25.5 Å². The number of aliphatic imine (C=N–C) groups is 1. The second kappa shape index (κ2) is 8.87. The number of aromatic amines is 1. The van der Waals surface area contributed by atoms with E-state index in [1.165, 1.54) is 28.8 Å². The van der Waals surface area contributed by atoms with Gasteiger partial charge in [-0.05, 0) is 32.1 Å². The van der Waals surface area contributed by atoms with Crippen LogP contribution in [0.1, 0.15) is 53.8 Å². The van der Waals surface area contributed by atoms with Crippen LogP contribution in [0.15, 0.2) is 22.3 Å². The fraction of sp³-hybridized carbons (Fsp3) is 0.500. The fourth-order valence-corrected chi connectivity index (χ4v) is 4.75. The molecule has 0 aromatic carbocycles. The van der Waals surface area contributed by atoms with Crippen molar-refractivity contribution in [1.29, 1.82) is 0 Å². The molecule has 4 rings (SSSR count). The number of thiazole rings is 1. The zero-order valence-electron chi connectivity index (χ0n) is 16.5. The number of nitrogens with two attached hydrogens (primary N) is 1. The van der Waals surface area contributed by atoms with Crippen LogP contribution in [-0.4, -0.2) is 46.6 Å². The van der Waals surface area contributed by atoms with E-state index in [0.717, 1.165) is 55.6 Å². The molecule has 1 amide bonds. The van der Waals surface area contributed by atoms with Crippen molar-refractivity contribution < 1.29 is 9.53 Å². The van der Waals surface area contributed by atoms with Gasteiger partial charge >= 0.3 is 0 Å². The molecule has 1 aliphatic heterocycles. The van der Waals surface area contributed by atoms with Gasteiger partial charge in [0.15, 0.2) is 0 Å². The Balaban J connectivity index is 1.48. The number of carbonyl (C=O) groups is 1. The summed E-state index contributed by atoms with van der Waals surface area (Å²) in [5.41, 5.74) is 10.6. The van der Waals surface area contributed by atoms with Gasteiger partial charge < -0.3 is 15.8 Å². The molecule has 2 aromatic rings. The summed E-state index contributed by atoms with van der Waals surface area (Å²) in [6.45, 7) is 0.693. The highest BCUT2D eigenvalue weighted by Gasteiger charge is 2.25. The fourth-order valence-electron chi connectivity index (χ4n) is 3.93. The summed E-state index contributed by atoms with van der Waals surface area (Å²) in [6.07, 6.45) is 8.48. The molecule has 29 heavy (non-hydrogen) atoms. The minimum Gasteiger partial charge on any atom is -0.403 e. The molecule has 8 nitrogen and oxygen atoms in total. The summed E-state index contributed by atoms with van der Waals surface area (Å²) >= 11 is 1.42. The molecule has 1 fully saturated rings. The molecule has 2 aromatic heterocycles. The van der Waals surface area contributed by atoms with Gasteiger partial charge in [0, 0.05) is 36.5 Å². The second-order valence-corrected chi connectivity index (χ2v) is 8.13. The lowest BCUT2D eigenvalue weighted by Gasteiger charge is -2.20. The molecule has 0 radical (unpaired) electrons. The number of rotatable bonds is 5. The highest BCUT2D eigenvalue weighted by Crippen LogP contribution is 2.32. The predicted octanol–water partition coefficient (Wildman–Crippen LogP) is 2.58. The molecule has 4 N–H and O–H groups in total. The van der Waals surface area contributed by atoms with Crippen molar-refractivity contribution in [3.8, 4) is 10.7 Å². The monoisotopic (exact) mass is 414 g/mol. The van der Waals surface area contributed by atoms with Crippen LogP contribution in [0.5, 0.6) is 0 Å². The summed E-state index contributed by atoms with van der Waals surface area (Å²) < 4.78 is 5.92. The van der Waals surface area contributed by atoms with Crippen molar-refractivity contribution in [2.75, 3.05) is 13.7 Å². The quantitative estimate of drug-likeness (QED) is 0.650. The number of aromatic nitrogens is 3. The van der Waals surface area contributed by atoms with Gasteiger partial charge in [-0.3, -0.25) is 14.9 Å². The summed E-state index contributed by atoms with van der Waals surface area (Å²) in [5, 5.41) is 12.9. The van der Waals surface area contributed by atoms with Gasteiger partial charge in [0.1, 0.15) is 22.5 Å². The lowest BCUT2D eigenvalue weighted by Crippen LogP contribution is -2.35. The maximum absolute atomic E-state index is 12.8. The van der Waals surface area contributed by atoms with Crippen LogP contribution in [0.25, 0.3) is 10.7 Å².